The third kappa shape index (κ3) is 4.87. The lowest BCUT2D eigenvalue weighted by molar-refractivity contribution is -0.108. The lowest BCUT2D eigenvalue weighted by atomic mass is 10.1. The number of rotatable bonds is 4. The normalized spacial score (nSPS) is 21.5. The van der Waals surface area contributed by atoms with Gasteiger partial charge in [-0.15, -0.1) is 11.8 Å². The number of anilines is 2. The summed E-state index contributed by atoms with van der Waals surface area (Å²) >= 11 is 13.9. The van der Waals surface area contributed by atoms with Gasteiger partial charge in [0.05, 0.1) is 10.0 Å². The molecule has 2 aliphatic heterocycles. The van der Waals surface area contributed by atoms with Crippen LogP contribution >= 0.6 is 35.0 Å². The van der Waals surface area contributed by atoms with Crippen LogP contribution in [0.25, 0.3) is 6.08 Å². The summed E-state index contributed by atoms with van der Waals surface area (Å²) in [6, 6.07) is 10.0. The second-order valence-electron chi connectivity index (χ2n) is 7.73. The summed E-state index contributed by atoms with van der Waals surface area (Å²) in [6.45, 7) is 4.24. The molecule has 0 spiro atoms. The van der Waals surface area contributed by atoms with E-state index in [1.54, 1.807) is 30.0 Å². The van der Waals surface area contributed by atoms with Gasteiger partial charge in [-0.1, -0.05) is 29.3 Å². The Morgan fingerprint density at radius 1 is 1.06 bits per heavy atom. The molecule has 2 saturated heterocycles. The van der Waals surface area contributed by atoms with Crippen molar-refractivity contribution in [1.29, 1.82) is 0 Å². The van der Waals surface area contributed by atoms with E-state index in [0.717, 1.165) is 54.5 Å². The number of carbonyl (C=O) groups excluding carboxylic acids is 1. The van der Waals surface area contributed by atoms with Crippen molar-refractivity contribution < 1.29 is 9.18 Å². The zero-order chi connectivity index (χ0) is 22.0. The lowest BCUT2D eigenvalue weighted by Gasteiger charge is -2.37. The Kier molecular flexibility index (Phi) is 7.12. The first-order valence-corrected chi connectivity index (χ1v) is 12.0. The smallest absolute Gasteiger partial charge is 0.147 e. The average Bonchev–Trinajstić information content (AvgIpc) is 2.77. The Morgan fingerprint density at radius 3 is 2.55 bits per heavy atom. The van der Waals surface area contributed by atoms with E-state index >= 15 is 0 Å². The second-order valence-corrected chi connectivity index (χ2v) is 9.71. The molecule has 0 bridgehead atoms. The number of piperazine rings is 1. The minimum absolute atomic E-state index is 0.277. The molecule has 0 N–H and O–H groups in total. The van der Waals surface area contributed by atoms with E-state index in [-0.39, 0.29) is 5.82 Å². The summed E-state index contributed by atoms with van der Waals surface area (Å²) in [5, 5.41) is 0.914. The number of halogens is 3. The van der Waals surface area contributed by atoms with Crippen molar-refractivity contribution in [3.63, 3.8) is 0 Å². The van der Waals surface area contributed by atoms with Gasteiger partial charge in [0.15, 0.2) is 0 Å². The summed E-state index contributed by atoms with van der Waals surface area (Å²) in [6.07, 6.45) is 2.76. The molecule has 164 valence electrons. The summed E-state index contributed by atoms with van der Waals surface area (Å²) < 4.78 is 15.0. The molecule has 2 aliphatic rings. The third-order valence-corrected chi connectivity index (χ3v) is 7.57. The topological polar surface area (TPSA) is 26.8 Å². The Hall–Kier alpha value is -1.73. The maximum absolute atomic E-state index is 15.0. The zero-order valence-electron chi connectivity index (χ0n) is 17.2. The van der Waals surface area contributed by atoms with Gasteiger partial charge in [-0.2, -0.15) is 0 Å². The summed E-state index contributed by atoms with van der Waals surface area (Å²) in [7, 11) is 2.09. The van der Waals surface area contributed by atoms with Crippen LogP contribution in [-0.4, -0.2) is 62.8 Å². The standard InChI is InChI=1S/C23H24Cl2FN3OS/c1-27-7-9-28(10-8-27)21-4-2-3-20(26)17(21)14-23-22(15-30)29(11-12-31-23)16-5-6-18(24)19(25)13-16/h2-6,13-15,22H,7-12H2,1H3. The lowest BCUT2D eigenvalue weighted by Crippen LogP contribution is -2.45. The van der Waals surface area contributed by atoms with Gasteiger partial charge >= 0.3 is 0 Å². The minimum Gasteiger partial charge on any atom is -0.368 e. The first-order valence-electron chi connectivity index (χ1n) is 10.2. The van der Waals surface area contributed by atoms with E-state index < -0.39 is 6.04 Å². The Bertz CT molecular complexity index is 995. The highest BCUT2D eigenvalue weighted by atomic mass is 35.5. The Balaban J connectivity index is 1.69. The number of likely N-dealkylation sites (N-methyl/N-ethyl adjacent to an activating group) is 1. The van der Waals surface area contributed by atoms with Crippen LogP contribution in [0.1, 0.15) is 5.56 Å². The van der Waals surface area contributed by atoms with E-state index in [0.29, 0.717) is 22.2 Å². The summed E-state index contributed by atoms with van der Waals surface area (Å²) in [5.41, 5.74) is 2.24. The fraction of sp³-hybridized carbons (Fsp3) is 0.348. The second kappa shape index (κ2) is 9.82. The van der Waals surface area contributed by atoms with Crippen LogP contribution < -0.4 is 9.80 Å². The van der Waals surface area contributed by atoms with Crippen LogP contribution in [0.4, 0.5) is 15.8 Å². The van der Waals surface area contributed by atoms with Crippen molar-refractivity contribution in [2.24, 2.45) is 0 Å². The quantitative estimate of drug-likeness (QED) is 0.572. The molecule has 0 aromatic heterocycles. The maximum Gasteiger partial charge on any atom is 0.147 e. The molecule has 0 radical (unpaired) electrons. The number of aldehydes is 1. The average molecular weight is 480 g/mol. The van der Waals surface area contributed by atoms with Gasteiger partial charge in [-0.3, -0.25) is 0 Å². The number of nitrogens with zero attached hydrogens (tertiary/aromatic N) is 3. The molecule has 1 unspecified atom stereocenters. The molecule has 0 amide bonds. The molecular weight excluding hydrogens is 456 g/mol. The number of thioether (sulfide) groups is 1. The molecule has 2 fully saturated rings. The first-order chi connectivity index (χ1) is 15.0. The molecule has 0 saturated carbocycles. The van der Waals surface area contributed by atoms with Crippen LogP contribution in [0.15, 0.2) is 41.3 Å². The molecule has 2 aromatic carbocycles. The van der Waals surface area contributed by atoms with Crippen molar-refractivity contribution in [1.82, 2.24) is 4.90 Å². The maximum atomic E-state index is 15.0. The molecule has 1 atom stereocenters. The van der Waals surface area contributed by atoms with Gasteiger partial charge < -0.3 is 19.5 Å². The largest absolute Gasteiger partial charge is 0.368 e. The monoisotopic (exact) mass is 479 g/mol. The van der Waals surface area contributed by atoms with E-state index in [4.69, 9.17) is 23.2 Å². The van der Waals surface area contributed by atoms with Crippen molar-refractivity contribution in [3.8, 4) is 0 Å². The number of benzene rings is 2. The Labute approximate surface area is 196 Å². The van der Waals surface area contributed by atoms with Crippen molar-refractivity contribution in [2.75, 3.05) is 55.3 Å². The number of hydrogen-bond donors (Lipinski definition) is 0. The molecule has 0 aliphatic carbocycles. The summed E-state index contributed by atoms with van der Waals surface area (Å²) in [5.74, 6) is 0.509. The van der Waals surface area contributed by atoms with Gasteiger partial charge in [-0.05, 0) is 43.5 Å². The molecule has 31 heavy (non-hydrogen) atoms. The highest BCUT2D eigenvalue weighted by molar-refractivity contribution is 8.03. The van der Waals surface area contributed by atoms with Crippen molar-refractivity contribution in [3.05, 3.63) is 62.7 Å². The molecule has 2 aromatic rings. The SMILES string of the molecule is CN1CCN(c2cccc(F)c2C=C2SCCN(c3ccc(Cl)c(Cl)c3)C2C=O)CC1. The number of carbonyl (C=O) groups is 1. The molecule has 2 heterocycles. The van der Waals surface area contributed by atoms with Crippen LogP contribution in [0.2, 0.25) is 10.0 Å². The first kappa shape index (κ1) is 22.5. The van der Waals surface area contributed by atoms with Gasteiger partial charge in [0.1, 0.15) is 18.1 Å². The molecule has 4 rings (SSSR count). The van der Waals surface area contributed by atoms with E-state index in [1.807, 2.05) is 23.1 Å². The molecular formula is C23H24Cl2FN3OS. The van der Waals surface area contributed by atoms with E-state index in [1.165, 1.54) is 6.07 Å². The van der Waals surface area contributed by atoms with Crippen molar-refractivity contribution in [2.45, 2.75) is 6.04 Å². The molecule has 4 nitrogen and oxygen atoms in total. The fourth-order valence-corrected chi connectivity index (χ4v) is 5.37. The van der Waals surface area contributed by atoms with Gasteiger partial charge in [0.2, 0.25) is 0 Å². The number of hydrogen-bond acceptors (Lipinski definition) is 5. The third-order valence-electron chi connectivity index (χ3n) is 5.75. The highest BCUT2D eigenvalue weighted by Crippen LogP contribution is 2.37. The minimum atomic E-state index is -0.504. The van der Waals surface area contributed by atoms with E-state index in [2.05, 4.69) is 16.8 Å². The highest BCUT2D eigenvalue weighted by Gasteiger charge is 2.29. The zero-order valence-corrected chi connectivity index (χ0v) is 19.6. The van der Waals surface area contributed by atoms with Crippen LogP contribution in [0, 0.1) is 5.82 Å². The van der Waals surface area contributed by atoms with Crippen molar-refractivity contribution >= 4 is 58.7 Å². The van der Waals surface area contributed by atoms with Crippen LogP contribution in [0.3, 0.4) is 0 Å². The predicted molar refractivity (Wildman–Crippen MR) is 130 cm³/mol. The Morgan fingerprint density at radius 2 is 1.84 bits per heavy atom. The fourth-order valence-electron chi connectivity index (χ4n) is 3.99. The molecule has 8 heteroatoms. The van der Waals surface area contributed by atoms with Gasteiger partial charge in [0, 0.05) is 60.3 Å². The summed E-state index contributed by atoms with van der Waals surface area (Å²) in [4.78, 5) is 19.4. The predicted octanol–water partition coefficient (Wildman–Crippen LogP) is 5.05. The van der Waals surface area contributed by atoms with Crippen LogP contribution in [0.5, 0.6) is 0 Å². The van der Waals surface area contributed by atoms with Gasteiger partial charge in [0.25, 0.3) is 0 Å². The van der Waals surface area contributed by atoms with Crippen LogP contribution in [-0.2, 0) is 4.79 Å². The van der Waals surface area contributed by atoms with E-state index in [9.17, 15) is 9.18 Å². The van der Waals surface area contributed by atoms with Gasteiger partial charge in [-0.25, -0.2) is 4.39 Å².